The minimum atomic E-state index is 0.450. The van der Waals surface area contributed by atoms with Crippen LogP contribution in [0.3, 0.4) is 0 Å². The van der Waals surface area contributed by atoms with Crippen LogP contribution in [0.1, 0.15) is 51.0 Å². The van der Waals surface area contributed by atoms with Gasteiger partial charge in [0.25, 0.3) is 0 Å². The molecule has 0 fully saturated rings. The van der Waals surface area contributed by atoms with Crippen molar-refractivity contribution in [2.75, 3.05) is 0 Å². The van der Waals surface area contributed by atoms with Crippen molar-refractivity contribution in [2.24, 2.45) is 5.73 Å². The first kappa shape index (κ1) is 13.1. The molecule has 1 aromatic heterocycles. The van der Waals surface area contributed by atoms with Crippen LogP contribution < -0.4 is 5.73 Å². The van der Waals surface area contributed by atoms with Gasteiger partial charge in [0.05, 0.1) is 11.0 Å². The fourth-order valence-corrected chi connectivity index (χ4v) is 2.41. The number of rotatable bonds is 5. The third-order valence-corrected chi connectivity index (χ3v) is 3.33. The van der Waals surface area contributed by atoms with Crippen molar-refractivity contribution < 1.29 is 0 Å². The average Bonchev–Trinajstić information content (AvgIpc) is 2.73. The van der Waals surface area contributed by atoms with Crippen LogP contribution >= 0.6 is 0 Å². The Bertz CT molecular complexity index is 526. The van der Waals surface area contributed by atoms with Crippen LogP contribution in [-0.2, 0) is 13.0 Å². The number of nitrogens with two attached hydrogens (primary N) is 1. The van der Waals surface area contributed by atoms with Gasteiger partial charge < -0.3 is 10.3 Å². The molecule has 0 amide bonds. The first-order valence-electron chi connectivity index (χ1n) is 6.87. The second kappa shape index (κ2) is 5.53. The highest BCUT2D eigenvalue weighted by Crippen LogP contribution is 2.23. The summed E-state index contributed by atoms with van der Waals surface area (Å²) in [5, 5.41) is 0. The van der Waals surface area contributed by atoms with Crippen molar-refractivity contribution in [3.05, 3.63) is 29.6 Å². The molecule has 0 spiro atoms. The Morgan fingerprint density at radius 1 is 1.33 bits per heavy atom. The number of aromatic nitrogens is 2. The summed E-state index contributed by atoms with van der Waals surface area (Å²) in [6, 6.07) is 6.82. The summed E-state index contributed by atoms with van der Waals surface area (Å²) >= 11 is 0. The molecule has 0 unspecified atom stereocenters. The molecule has 2 rings (SSSR count). The van der Waals surface area contributed by atoms with Gasteiger partial charge in [0.2, 0.25) is 0 Å². The van der Waals surface area contributed by atoms with E-state index < -0.39 is 0 Å². The van der Waals surface area contributed by atoms with Gasteiger partial charge in [-0.3, -0.25) is 0 Å². The van der Waals surface area contributed by atoms with Crippen molar-refractivity contribution in [3.63, 3.8) is 0 Å². The first-order chi connectivity index (χ1) is 8.67. The van der Waals surface area contributed by atoms with E-state index in [1.807, 2.05) is 0 Å². The van der Waals surface area contributed by atoms with Gasteiger partial charge in [-0.25, -0.2) is 4.98 Å². The lowest BCUT2D eigenvalue weighted by Gasteiger charge is -2.12. The van der Waals surface area contributed by atoms with Crippen LogP contribution in [0.5, 0.6) is 0 Å². The molecule has 0 atom stereocenters. The van der Waals surface area contributed by atoms with E-state index in [0.29, 0.717) is 12.6 Å². The Morgan fingerprint density at radius 3 is 2.72 bits per heavy atom. The molecule has 98 valence electrons. The maximum Gasteiger partial charge on any atom is 0.110 e. The van der Waals surface area contributed by atoms with Crippen LogP contribution in [-0.4, -0.2) is 9.55 Å². The Kier molecular flexibility index (Phi) is 4.02. The molecule has 3 nitrogen and oxygen atoms in total. The molecule has 1 heterocycles. The topological polar surface area (TPSA) is 43.8 Å². The number of nitrogens with zero attached hydrogens (tertiary/aromatic N) is 2. The predicted octanol–water partition coefficient (Wildman–Crippen LogP) is 3.42. The smallest absolute Gasteiger partial charge is 0.110 e. The molecule has 0 aliphatic heterocycles. The van der Waals surface area contributed by atoms with Gasteiger partial charge in [-0.2, -0.15) is 0 Å². The lowest BCUT2D eigenvalue weighted by Crippen LogP contribution is -2.06. The summed E-state index contributed by atoms with van der Waals surface area (Å²) in [5.41, 5.74) is 9.15. The number of aryl methyl sites for hydroxylation is 1. The summed E-state index contributed by atoms with van der Waals surface area (Å²) in [4.78, 5) is 4.79. The molecule has 0 saturated carbocycles. The summed E-state index contributed by atoms with van der Waals surface area (Å²) in [7, 11) is 0. The normalized spacial score (nSPS) is 11.6. The zero-order valence-corrected chi connectivity index (χ0v) is 11.6. The Labute approximate surface area is 109 Å². The maximum absolute atomic E-state index is 5.69. The number of hydrogen-bond acceptors (Lipinski definition) is 2. The van der Waals surface area contributed by atoms with Gasteiger partial charge in [0, 0.05) is 19.0 Å². The standard InChI is InChI=1S/C15H23N3/c1-4-5-6-15-17-13-9-12(10-16)7-8-14(13)18(15)11(2)3/h7-9,11H,4-6,10,16H2,1-3H3. The Balaban J connectivity index is 2.51. The fourth-order valence-electron chi connectivity index (χ4n) is 2.41. The molecule has 2 aromatic rings. The third-order valence-electron chi connectivity index (χ3n) is 3.33. The fraction of sp³-hybridized carbons (Fsp3) is 0.533. The van der Waals surface area contributed by atoms with E-state index in [4.69, 9.17) is 10.7 Å². The van der Waals surface area contributed by atoms with Crippen molar-refractivity contribution in [1.29, 1.82) is 0 Å². The second-order valence-corrected chi connectivity index (χ2v) is 5.12. The number of unbranched alkanes of at least 4 members (excludes halogenated alkanes) is 1. The third kappa shape index (κ3) is 2.41. The van der Waals surface area contributed by atoms with Gasteiger partial charge in [-0.05, 0) is 38.0 Å². The molecular formula is C15H23N3. The zero-order chi connectivity index (χ0) is 13.1. The van der Waals surface area contributed by atoms with Crippen LogP contribution in [0.4, 0.5) is 0 Å². The van der Waals surface area contributed by atoms with E-state index in [-0.39, 0.29) is 0 Å². The number of hydrogen-bond donors (Lipinski definition) is 1. The van der Waals surface area contributed by atoms with Gasteiger partial charge in [0.15, 0.2) is 0 Å². The minimum absolute atomic E-state index is 0.450. The molecule has 0 radical (unpaired) electrons. The Morgan fingerprint density at radius 2 is 2.11 bits per heavy atom. The van der Waals surface area contributed by atoms with Crippen LogP contribution in [0, 0.1) is 0 Å². The number of imidazole rings is 1. The van der Waals surface area contributed by atoms with Crippen molar-refractivity contribution in [3.8, 4) is 0 Å². The van der Waals surface area contributed by atoms with Gasteiger partial charge in [-0.1, -0.05) is 19.4 Å². The summed E-state index contributed by atoms with van der Waals surface area (Å²) in [6.07, 6.45) is 3.45. The first-order valence-corrected chi connectivity index (χ1v) is 6.87. The van der Waals surface area contributed by atoms with Gasteiger partial charge in [0.1, 0.15) is 5.82 Å². The number of benzene rings is 1. The molecule has 0 aliphatic carbocycles. The second-order valence-electron chi connectivity index (χ2n) is 5.12. The molecule has 0 bridgehead atoms. The molecule has 0 saturated heterocycles. The summed E-state index contributed by atoms with van der Waals surface area (Å²) in [5.74, 6) is 1.20. The largest absolute Gasteiger partial charge is 0.326 e. The monoisotopic (exact) mass is 245 g/mol. The van der Waals surface area contributed by atoms with E-state index in [0.717, 1.165) is 17.5 Å². The van der Waals surface area contributed by atoms with E-state index in [2.05, 4.69) is 43.5 Å². The van der Waals surface area contributed by atoms with Crippen LogP contribution in [0.25, 0.3) is 11.0 Å². The maximum atomic E-state index is 5.69. The molecule has 1 aromatic carbocycles. The molecule has 0 aliphatic rings. The van der Waals surface area contributed by atoms with E-state index >= 15 is 0 Å². The Hall–Kier alpha value is -1.35. The van der Waals surface area contributed by atoms with Crippen molar-refractivity contribution in [1.82, 2.24) is 9.55 Å². The van der Waals surface area contributed by atoms with E-state index in [9.17, 15) is 0 Å². The lowest BCUT2D eigenvalue weighted by molar-refractivity contribution is 0.574. The highest BCUT2D eigenvalue weighted by molar-refractivity contribution is 5.77. The minimum Gasteiger partial charge on any atom is -0.326 e. The zero-order valence-electron chi connectivity index (χ0n) is 11.6. The van der Waals surface area contributed by atoms with Crippen LogP contribution in [0.15, 0.2) is 18.2 Å². The molecule has 3 heteroatoms. The molecule has 2 N–H and O–H groups in total. The quantitative estimate of drug-likeness (QED) is 0.877. The van der Waals surface area contributed by atoms with Gasteiger partial charge in [-0.15, -0.1) is 0 Å². The average molecular weight is 245 g/mol. The number of fused-ring (bicyclic) bond motifs is 1. The van der Waals surface area contributed by atoms with Crippen molar-refractivity contribution >= 4 is 11.0 Å². The van der Waals surface area contributed by atoms with Crippen LogP contribution in [0.2, 0.25) is 0 Å². The lowest BCUT2D eigenvalue weighted by atomic mass is 10.2. The van der Waals surface area contributed by atoms with Crippen molar-refractivity contribution in [2.45, 2.75) is 52.6 Å². The predicted molar refractivity (Wildman–Crippen MR) is 76.6 cm³/mol. The van der Waals surface area contributed by atoms with E-state index in [1.165, 1.54) is 24.2 Å². The van der Waals surface area contributed by atoms with Gasteiger partial charge >= 0.3 is 0 Å². The SMILES string of the molecule is CCCCc1nc2cc(CN)ccc2n1C(C)C. The molecule has 18 heavy (non-hydrogen) atoms. The van der Waals surface area contributed by atoms with E-state index in [1.54, 1.807) is 0 Å². The highest BCUT2D eigenvalue weighted by atomic mass is 15.1. The summed E-state index contributed by atoms with van der Waals surface area (Å²) in [6.45, 7) is 7.23. The molecular weight excluding hydrogens is 222 g/mol. The highest BCUT2D eigenvalue weighted by Gasteiger charge is 2.12. The summed E-state index contributed by atoms with van der Waals surface area (Å²) < 4.78 is 2.35.